The standard InChI is InChI=1S/C14H23N3S/c1-9(2)6-5-7-16-14-12(13(15)18)10(3)8-11(4)17-14/h8-9H,5-7H2,1-4H3,(H2,15,18)(H,16,17). The molecule has 0 aliphatic carbocycles. The molecule has 100 valence electrons. The maximum Gasteiger partial charge on any atom is 0.136 e. The van der Waals surface area contributed by atoms with Gasteiger partial charge in [0.25, 0.3) is 0 Å². The van der Waals surface area contributed by atoms with Crippen molar-refractivity contribution < 1.29 is 0 Å². The monoisotopic (exact) mass is 265 g/mol. The Morgan fingerprint density at radius 1 is 1.44 bits per heavy atom. The molecule has 0 aliphatic rings. The fourth-order valence-corrected chi connectivity index (χ4v) is 2.25. The molecule has 0 aromatic carbocycles. The van der Waals surface area contributed by atoms with E-state index < -0.39 is 0 Å². The molecule has 1 rings (SSSR count). The fraction of sp³-hybridized carbons (Fsp3) is 0.571. The van der Waals surface area contributed by atoms with Crippen LogP contribution in [0.4, 0.5) is 5.82 Å². The van der Waals surface area contributed by atoms with Crippen molar-refractivity contribution in [2.75, 3.05) is 11.9 Å². The number of thiocarbonyl (C=S) groups is 1. The smallest absolute Gasteiger partial charge is 0.136 e. The lowest BCUT2D eigenvalue weighted by atomic mass is 10.1. The first-order chi connectivity index (χ1) is 8.41. The van der Waals surface area contributed by atoms with Crippen LogP contribution in [0.5, 0.6) is 0 Å². The molecule has 0 aliphatic heterocycles. The van der Waals surface area contributed by atoms with Crippen molar-refractivity contribution in [3.05, 3.63) is 22.9 Å². The van der Waals surface area contributed by atoms with E-state index in [1.165, 1.54) is 6.42 Å². The lowest BCUT2D eigenvalue weighted by Gasteiger charge is -2.14. The summed E-state index contributed by atoms with van der Waals surface area (Å²) in [5.41, 5.74) is 8.71. The van der Waals surface area contributed by atoms with Gasteiger partial charge >= 0.3 is 0 Å². The Morgan fingerprint density at radius 3 is 2.67 bits per heavy atom. The van der Waals surface area contributed by atoms with Crippen LogP contribution in [-0.4, -0.2) is 16.5 Å². The lowest BCUT2D eigenvalue weighted by molar-refractivity contribution is 0.566. The van der Waals surface area contributed by atoms with E-state index in [9.17, 15) is 0 Å². The lowest BCUT2D eigenvalue weighted by Crippen LogP contribution is -2.17. The molecule has 1 aromatic rings. The van der Waals surface area contributed by atoms with Crippen LogP contribution in [0.3, 0.4) is 0 Å². The number of rotatable bonds is 6. The van der Waals surface area contributed by atoms with Crippen LogP contribution in [0.2, 0.25) is 0 Å². The Morgan fingerprint density at radius 2 is 2.11 bits per heavy atom. The first kappa shape index (κ1) is 14.9. The molecule has 0 unspecified atom stereocenters. The first-order valence-corrected chi connectivity index (χ1v) is 6.84. The SMILES string of the molecule is Cc1cc(C)c(C(N)=S)c(NCCCC(C)C)n1. The van der Waals surface area contributed by atoms with Crippen molar-refractivity contribution in [1.29, 1.82) is 0 Å². The molecule has 3 nitrogen and oxygen atoms in total. The maximum absolute atomic E-state index is 5.77. The minimum atomic E-state index is 0.409. The summed E-state index contributed by atoms with van der Waals surface area (Å²) in [4.78, 5) is 4.90. The van der Waals surface area contributed by atoms with E-state index in [-0.39, 0.29) is 0 Å². The van der Waals surface area contributed by atoms with Gasteiger partial charge in [0.2, 0.25) is 0 Å². The van der Waals surface area contributed by atoms with Crippen molar-refractivity contribution in [3.63, 3.8) is 0 Å². The minimum absolute atomic E-state index is 0.409. The third-order valence-electron chi connectivity index (χ3n) is 2.84. The van der Waals surface area contributed by atoms with Crippen LogP contribution in [0.25, 0.3) is 0 Å². The number of aryl methyl sites for hydroxylation is 2. The minimum Gasteiger partial charge on any atom is -0.389 e. The van der Waals surface area contributed by atoms with E-state index in [2.05, 4.69) is 24.1 Å². The van der Waals surface area contributed by atoms with Gasteiger partial charge in [0, 0.05) is 12.2 Å². The summed E-state index contributed by atoms with van der Waals surface area (Å²) < 4.78 is 0. The quantitative estimate of drug-likeness (QED) is 0.612. The normalized spacial score (nSPS) is 10.7. The zero-order chi connectivity index (χ0) is 13.7. The Kier molecular flexibility index (Phi) is 5.54. The van der Waals surface area contributed by atoms with Crippen LogP contribution in [0.15, 0.2) is 6.07 Å². The Balaban J connectivity index is 2.77. The average Bonchev–Trinajstić information content (AvgIpc) is 2.22. The summed E-state index contributed by atoms with van der Waals surface area (Å²) in [6.07, 6.45) is 2.34. The molecule has 0 saturated heterocycles. The number of pyridine rings is 1. The van der Waals surface area contributed by atoms with Gasteiger partial charge in [-0.2, -0.15) is 0 Å². The molecule has 1 heterocycles. The van der Waals surface area contributed by atoms with E-state index >= 15 is 0 Å². The molecular weight excluding hydrogens is 242 g/mol. The molecule has 0 fully saturated rings. The van der Waals surface area contributed by atoms with Crippen molar-refractivity contribution in [3.8, 4) is 0 Å². The Hall–Kier alpha value is -1.16. The second-order valence-electron chi connectivity index (χ2n) is 5.13. The number of nitrogens with two attached hydrogens (primary N) is 1. The van der Waals surface area contributed by atoms with Gasteiger partial charge < -0.3 is 11.1 Å². The van der Waals surface area contributed by atoms with Crippen molar-refractivity contribution in [2.24, 2.45) is 11.7 Å². The summed E-state index contributed by atoms with van der Waals surface area (Å²) >= 11 is 5.10. The van der Waals surface area contributed by atoms with Crippen LogP contribution < -0.4 is 11.1 Å². The largest absolute Gasteiger partial charge is 0.389 e. The van der Waals surface area contributed by atoms with E-state index in [0.29, 0.717) is 4.99 Å². The predicted molar refractivity (Wildman–Crippen MR) is 82.2 cm³/mol. The molecule has 0 spiro atoms. The number of nitrogens with zero attached hydrogens (tertiary/aromatic N) is 1. The summed E-state index contributed by atoms with van der Waals surface area (Å²) in [6, 6.07) is 2.01. The van der Waals surface area contributed by atoms with Gasteiger partial charge in [-0.25, -0.2) is 4.98 Å². The van der Waals surface area contributed by atoms with E-state index in [1.54, 1.807) is 0 Å². The van der Waals surface area contributed by atoms with Gasteiger partial charge in [-0.3, -0.25) is 0 Å². The molecule has 1 aromatic heterocycles. The summed E-state index contributed by atoms with van der Waals surface area (Å²) in [6.45, 7) is 9.37. The number of aromatic nitrogens is 1. The molecule has 0 amide bonds. The highest BCUT2D eigenvalue weighted by Gasteiger charge is 2.10. The fourth-order valence-electron chi connectivity index (χ4n) is 1.99. The van der Waals surface area contributed by atoms with E-state index in [0.717, 1.165) is 41.5 Å². The highest BCUT2D eigenvalue weighted by molar-refractivity contribution is 7.80. The molecule has 0 saturated carbocycles. The summed E-state index contributed by atoms with van der Waals surface area (Å²) in [5, 5.41) is 3.35. The van der Waals surface area contributed by atoms with Gasteiger partial charge in [-0.05, 0) is 44.2 Å². The van der Waals surface area contributed by atoms with Gasteiger partial charge in [0.1, 0.15) is 10.8 Å². The summed E-state index contributed by atoms with van der Waals surface area (Å²) in [7, 11) is 0. The maximum atomic E-state index is 5.77. The number of hydrogen-bond acceptors (Lipinski definition) is 3. The molecule has 3 N–H and O–H groups in total. The highest BCUT2D eigenvalue weighted by Crippen LogP contribution is 2.18. The van der Waals surface area contributed by atoms with Crippen molar-refractivity contribution in [1.82, 2.24) is 4.98 Å². The topological polar surface area (TPSA) is 50.9 Å². The molecular formula is C14H23N3S. The van der Waals surface area contributed by atoms with Crippen LogP contribution >= 0.6 is 12.2 Å². The van der Waals surface area contributed by atoms with Gasteiger partial charge in [-0.1, -0.05) is 26.1 Å². The molecule has 0 bridgehead atoms. The predicted octanol–water partition coefficient (Wildman–Crippen LogP) is 3.18. The van der Waals surface area contributed by atoms with Gasteiger partial charge in [-0.15, -0.1) is 0 Å². The molecule has 18 heavy (non-hydrogen) atoms. The highest BCUT2D eigenvalue weighted by atomic mass is 32.1. The number of hydrogen-bond donors (Lipinski definition) is 2. The zero-order valence-electron chi connectivity index (χ0n) is 11.7. The third kappa shape index (κ3) is 4.26. The Bertz CT molecular complexity index is 427. The number of nitrogens with one attached hydrogen (secondary N) is 1. The second-order valence-corrected chi connectivity index (χ2v) is 5.57. The summed E-state index contributed by atoms with van der Waals surface area (Å²) in [5.74, 6) is 1.55. The van der Waals surface area contributed by atoms with Gasteiger partial charge in [0.05, 0.1) is 5.56 Å². The Labute approximate surface area is 115 Å². The van der Waals surface area contributed by atoms with Crippen LogP contribution in [-0.2, 0) is 0 Å². The third-order valence-corrected chi connectivity index (χ3v) is 3.05. The first-order valence-electron chi connectivity index (χ1n) is 6.43. The van der Waals surface area contributed by atoms with Gasteiger partial charge in [0.15, 0.2) is 0 Å². The van der Waals surface area contributed by atoms with Crippen LogP contribution in [0.1, 0.15) is 43.5 Å². The average molecular weight is 265 g/mol. The zero-order valence-corrected chi connectivity index (χ0v) is 12.5. The van der Waals surface area contributed by atoms with Crippen molar-refractivity contribution in [2.45, 2.75) is 40.5 Å². The van der Waals surface area contributed by atoms with Crippen molar-refractivity contribution >= 4 is 23.0 Å². The van der Waals surface area contributed by atoms with E-state index in [1.807, 2.05) is 19.9 Å². The number of anilines is 1. The second kappa shape index (κ2) is 6.69. The molecule has 0 radical (unpaired) electrons. The molecule has 0 atom stereocenters. The van der Waals surface area contributed by atoms with Crippen LogP contribution in [0, 0.1) is 19.8 Å². The molecule has 4 heteroatoms. The van der Waals surface area contributed by atoms with E-state index in [4.69, 9.17) is 18.0 Å².